The smallest absolute Gasteiger partial charge is 0.299 e. The van der Waals surface area contributed by atoms with Gasteiger partial charge in [-0.15, -0.1) is 0 Å². The standard InChI is InChI=1S/C18H33N3O3Si/c1-18(2,3)25(4,5)24-15-6-8-20(9-7-15)16-14-19-17(23-16)21-10-12-22-13-11-21/h14-15H,6-13H2,1-5H3. The maximum Gasteiger partial charge on any atom is 0.299 e. The van der Waals surface area contributed by atoms with Gasteiger partial charge in [0.2, 0.25) is 5.88 Å². The Kier molecular flexibility index (Phi) is 5.46. The Morgan fingerprint density at radius 3 is 2.32 bits per heavy atom. The minimum absolute atomic E-state index is 0.266. The molecule has 0 bridgehead atoms. The van der Waals surface area contributed by atoms with Gasteiger partial charge in [-0.25, -0.2) is 0 Å². The fraction of sp³-hybridized carbons (Fsp3) is 0.833. The summed E-state index contributed by atoms with van der Waals surface area (Å²) >= 11 is 0. The van der Waals surface area contributed by atoms with Crippen LogP contribution in [-0.4, -0.2) is 58.8 Å². The van der Waals surface area contributed by atoms with E-state index in [0.717, 1.165) is 64.1 Å². The summed E-state index contributed by atoms with van der Waals surface area (Å²) in [7, 11) is -1.68. The molecule has 2 fully saturated rings. The summed E-state index contributed by atoms with van der Waals surface area (Å²) in [5.74, 6) is 0.882. The molecule has 1 aromatic heterocycles. The van der Waals surface area contributed by atoms with Gasteiger partial charge in [-0.05, 0) is 31.0 Å². The number of aromatic nitrogens is 1. The van der Waals surface area contributed by atoms with Crippen molar-refractivity contribution in [2.75, 3.05) is 49.2 Å². The van der Waals surface area contributed by atoms with Crippen LogP contribution in [-0.2, 0) is 9.16 Å². The molecule has 25 heavy (non-hydrogen) atoms. The van der Waals surface area contributed by atoms with Crippen molar-refractivity contribution in [3.63, 3.8) is 0 Å². The third-order valence-electron chi connectivity index (χ3n) is 5.78. The van der Waals surface area contributed by atoms with E-state index in [-0.39, 0.29) is 5.04 Å². The molecule has 3 heterocycles. The van der Waals surface area contributed by atoms with E-state index in [2.05, 4.69) is 48.6 Å². The van der Waals surface area contributed by atoms with Gasteiger partial charge in [-0.1, -0.05) is 20.8 Å². The lowest BCUT2D eigenvalue weighted by Crippen LogP contribution is -2.47. The van der Waals surface area contributed by atoms with E-state index >= 15 is 0 Å². The summed E-state index contributed by atoms with van der Waals surface area (Å²) < 4.78 is 18.0. The highest BCUT2D eigenvalue weighted by Gasteiger charge is 2.39. The Balaban J connectivity index is 1.53. The molecule has 0 radical (unpaired) electrons. The molecule has 142 valence electrons. The van der Waals surface area contributed by atoms with Gasteiger partial charge in [-0.3, -0.25) is 0 Å². The highest BCUT2D eigenvalue weighted by atomic mass is 28.4. The number of piperidine rings is 1. The molecule has 6 nitrogen and oxygen atoms in total. The zero-order valence-electron chi connectivity index (χ0n) is 16.4. The molecule has 7 heteroatoms. The van der Waals surface area contributed by atoms with E-state index in [4.69, 9.17) is 13.6 Å². The van der Waals surface area contributed by atoms with Gasteiger partial charge in [0.25, 0.3) is 6.01 Å². The molecular weight excluding hydrogens is 334 g/mol. The summed E-state index contributed by atoms with van der Waals surface area (Å²) in [5.41, 5.74) is 0. The van der Waals surface area contributed by atoms with E-state index in [9.17, 15) is 0 Å². The van der Waals surface area contributed by atoms with Gasteiger partial charge in [0, 0.05) is 32.3 Å². The summed E-state index contributed by atoms with van der Waals surface area (Å²) in [6, 6.07) is 0.720. The number of rotatable bonds is 4. The highest BCUT2D eigenvalue weighted by Crippen LogP contribution is 2.38. The number of morpholine rings is 1. The summed E-state index contributed by atoms with van der Waals surface area (Å²) in [6.45, 7) is 16.7. The van der Waals surface area contributed by atoms with Crippen molar-refractivity contribution >= 4 is 20.2 Å². The van der Waals surface area contributed by atoms with Crippen molar-refractivity contribution in [2.45, 2.75) is 57.8 Å². The van der Waals surface area contributed by atoms with Crippen LogP contribution in [0, 0.1) is 0 Å². The van der Waals surface area contributed by atoms with Crippen LogP contribution >= 0.6 is 0 Å². The van der Waals surface area contributed by atoms with Gasteiger partial charge in [0.05, 0.1) is 19.4 Å². The van der Waals surface area contributed by atoms with E-state index in [1.807, 2.05) is 6.20 Å². The fourth-order valence-electron chi connectivity index (χ4n) is 3.09. The summed E-state index contributed by atoms with van der Waals surface area (Å²) in [6.07, 6.45) is 4.35. The van der Waals surface area contributed by atoms with Crippen LogP contribution in [0.4, 0.5) is 11.9 Å². The van der Waals surface area contributed by atoms with Gasteiger partial charge in [0.15, 0.2) is 8.32 Å². The maximum absolute atomic E-state index is 6.57. The highest BCUT2D eigenvalue weighted by molar-refractivity contribution is 6.74. The van der Waals surface area contributed by atoms with Crippen LogP contribution in [0.2, 0.25) is 18.1 Å². The first-order valence-corrected chi connectivity index (χ1v) is 12.4. The molecule has 1 aromatic rings. The zero-order valence-corrected chi connectivity index (χ0v) is 17.4. The van der Waals surface area contributed by atoms with E-state index in [1.165, 1.54) is 0 Å². The average Bonchev–Trinajstić information content (AvgIpc) is 3.05. The van der Waals surface area contributed by atoms with Crippen LogP contribution < -0.4 is 9.80 Å². The Hall–Kier alpha value is -1.05. The largest absolute Gasteiger partial charge is 0.414 e. The number of oxazole rings is 1. The second kappa shape index (κ2) is 7.29. The Labute approximate surface area is 152 Å². The Morgan fingerprint density at radius 2 is 1.72 bits per heavy atom. The lowest BCUT2D eigenvalue weighted by atomic mass is 10.1. The number of anilines is 2. The lowest BCUT2D eigenvalue weighted by molar-refractivity contribution is 0.120. The molecule has 2 saturated heterocycles. The second-order valence-corrected chi connectivity index (χ2v) is 13.4. The van der Waals surface area contributed by atoms with Gasteiger partial charge in [-0.2, -0.15) is 4.98 Å². The van der Waals surface area contributed by atoms with E-state index in [1.54, 1.807) is 0 Å². The van der Waals surface area contributed by atoms with Crippen LogP contribution in [0.5, 0.6) is 0 Å². The van der Waals surface area contributed by atoms with E-state index < -0.39 is 8.32 Å². The number of hydrogen-bond donors (Lipinski definition) is 0. The normalized spacial score (nSPS) is 21.0. The maximum atomic E-state index is 6.57. The molecule has 2 aliphatic rings. The molecular formula is C18H33N3O3Si. The Morgan fingerprint density at radius 1 is 1.08 bits per heavy atom. The first kappa shape index (κ1) is 18.7. The number of nitrogens with zero attached hydrogens (tertiary/aromatic N) is 3. The molecule has 0 N–H and O–H groups in total. The van der Waals surface area contributed by atoms with Crippen molar-refractivity contribution in [3.8, 4) is 0 Å². The number of hydrogen-bond acceptors (Lipinski definition) is 6. The molecule has 0 spiro atoms. The van der Waals surface area contributed by atoms with Crippen molar-refractivity contribution in [2.24, 2.45) is 0 Å². The summed E-state index contributed by atoms with van der Waals surface area (Å²) in [4.78, 5) is 8.91. The SMILES string of the molecule is CC(C)(C)[Si](C)(C)OC1CCN(c2cnc(N3CCOCC3)o2)CC1. The second-order valence-electron chi connectivity index (χ2n) is 8.65. The number of ether oxygens (including phenoxy) is 1. The van der Waals surface area contributed by atoms with Gasteiger partial charge < -0.3 is 23.4 Å². The Bertz CT molecular complexity index is 556. The zero-order chi connectivity index (χ0) is 18.1. The minimum atomic E-state index is -1.68. The monoisotopic (exact) mass is 367 g/mol. The van der Waals surface area contributed by atoms with Crippen molar-refractivity contribution in [1.29, 1.82) is 0 Å². The predicted molar refractivity (Wildman–Crippen MR) is 103 cm³/mol. The molecule has 0 aromatic carbocycles. The third-order valence-corrected chi connectivity index (χ3v) is 10.3. The quantitative estimate of drug-likeness (QED) is 0.759. The van der Waals surface area contributed by atoms with Crippen molar-refractivity contribution in [3.05, 3.63) is 6.20 Å². The molecule has 0 aliphatic carbocycles. The van der Waals surface area contributed by atoms with Crippen LogP contribution in [0.15, 0.2) is 10.6 Å². The molecule has 0 saturated carbocycles. The van der Waals surface area contributed by atoms with E-state index in [0.29, 0.717) is 6.10 Å². The predicted octanol–water partition coefficient (Wildman–Crippen LogP) is 3.50. The van der Waals surface area contributed by atoms with Gasteiger partial charge in [0.1, 0.15) is 0 Å². The average molecular weight is 368 g/mol. The van der Waals surface area contributed by atoms with Crippen molar-refractivity contribution < 1.29 is 13.6 Å². The molecule has 3 rings (SSSR count). The van der Waals surface area contributed by atoms with Crippen LogP contribution in [0.1, 0.15) is 33.6 Å². The van der Waals surface area contributed by atoms with Crippen LogP contribution in [0.25, 0.3) is 0 Å². The van der Waals surface area contributed by atoms with Crippen molar-refractivity contribution in [1.82, 2.24) is 4.98 Å². The molecule has 0 amide bonds. The lowest BCUT2D eigenvalue weighted by Gasteiger charge is -2.41. The topological polar surface area (TPSA) is 51.0 Å². The van der Waals surface area contributed by atoms with Crippen LogP contribution in [0.3, 0.4) is 0 Å². The molecule has 0 unspecified atom stereocenters. The first-order chi connectivity index (χ1) is 11.8. The first-order valence-electron chi connectivity index (χ1n) is 9.47. The van der Waals surface area contributed by atoms with Gasteiger partial charge >= 0.3 is 0 Å². The summed E-state index contributed by atoms with van der Waals surface area (Å²) in [5, 5.41) is 0.266. The molecule has 0 atom stereocenters. The third kappa shape index (κ3) is 4.38. The molecule has 2 aliphatic heterocycles. The fourth-order valence-corrected chi connectivity index (χ4v) is 4.51. The minimum Gasteiger partial charge on any atom is -0.414 e.